The Kier molecular flexibility index (Phi) is 3.15. The lowest BCUT2D eigenvalue weighted by atomic mass is 9.84. The molecule has 1 unspecified atom stereocenters. The SMILES string of the molecule is Cc1ccc2cc(C3C(C#N)=C(N)Oc4n[nH]c(C)c43)c(=O)[nH]c2c1. The Hall–Kier alpha value is -3.53. The Balaban J connectivity index is 2.03. The molecule has 0 saturated heterocycles. The molecule has 124 valence electrons. The van der Waals surface area contributed by atoms with E-state index in [0.717, 1.165) is 22.2 Å². The van der Waals surface area contributed by atoms with Crippen molar-refractivity contribution in [2.24, 2.45) is 5.73 Å². The van der Waals surface area contributed by atoms with Gasteiger partial charge in [0.1, 0.15) is 11.6 Å². The minimum absolute atomic E-state index is 0.0325. The van der Waals surface area contributed by atoms with Crippen LogP contribution in [0.4, 0.5) is 0 Å². The zero-order valence-electron chi connectivity index (χ0n) is 13.7. The molecule has 0 radical (unpaired) electrons. The number of pyridine rings is 1. The molecule has 0 saturated carbocycles. The molecule has 7 heteroatoms. The third-order valence-electron chi connectivity index (χ3n) is 4.47. The summed E-state index contributed by atoms with van der Waals surface area (Å²) in [5.74, 6) is -0.362. The Labute approximate surface area is 142 Å². The molecule has 25 heavy (non-hydrogen) atoms. The third-order valence-corrected chi connectivity index (χ3v) is 4.47. The molecule has 0 spiro atoms. The van der Waals surface area contributed by atoms with E-state index < -0.39 is 5.92 Å². The number of nitrogens with zero attached hydrogens (tertiary/aromatic N) is 2. The number of hydrogen-bond donors (Lipinski definition) is 3. The maximum Gasteiger partial charge on any atom is 0.252 e. The number of nitriles is 1. The Morgan fingerprint density at radius 1 is 1.32 bits per heavy atom. The van der Waals surface area contributed by atoms with E-state index in [1.54, 1.807) is 6.07 Å². The summed E-state index contributed by atoms with van der Waals surface area (Å²) in [6.45, 7) is 3.78. The van der Waals surface area contributed by atoms with Crippen molar-refractivity contribution < 1.29 is 4.74 Å². The van der Waals surface area contributed by atoms with Gasteiger partial charge in [-0.1, -0.05) is 12.1 Å². The van der Waals surface area contributed by atoms with Gasteiger partial charge in [-0.05, 0) is 36.9 Å². The van der Waals surface area contributed by atoms with Gasteiger partial charge in [0.05, 0.1) is 5.92 Å². The highest BCUT2D eigenvalue weighted by Gasteiger charge is 2.35. The van der Waals surface area contributed by atoms with Crippen LogP contribution in [0.2, 0.25) is 0 Å². The van der Waals surface area contributed by atoms with Gasteiger partial charge in [0.15, 0.2) is 0 Å². The van der Waals surface area contributed by atoms with Crippen LogP contribution in [-0.4, -0.2) is 15.2 Å². The highest BCUT2D eigenvalue weighted by atomic mass is 16.5. The van der Waals surface area contributed by atoms with Crippen LogP contribution in [0, 0.1) is 25.2 Å². The molecule has 1 atom stereocenters. The van der Waals surface area contributed by atoms with E-state index in [-0.39, 0.29) is 17.0 Å². The first-order valence-electron chi connectivity index (χ1n) is 7.75. The predicted molar refractivity (Wildman–Crippen MR) is 91.9 cm³/mol. The van der Waals surface area contributed by atoms with Crippen molar-refractivity contribution in [3.8, 4) is 11.9 Å². The van der Waals surface area contributed by atoms with E-state index in [4.69, 9.17) is 10.5 Å². The standard InChI is InChI=1S/C18H15N5O2/c1-8-3-4-10-6-11(17(24)21-13(10)5-8)15-12(7-19)16(20)25-18-14(15)9(2)22-23-18/h3-6,15H,20H2,1-2H3,(H,21,24)(H,22,23). The number of H-pyrrole nitrogens is 2. The molecule has 7 nitrogen and oxygen atoms in total. The van der Waals surface area contributed by atoms with Crippen molar-refractivity contribution in [3.05, 3.63) is 68.5 Å². The topological polar surface area (TPSA) is 121 Å². The van der Waals surface area contributed by atoms with E-state index in [1.165, 1.54) is 0 Å². The third kappa shape index (κ3) is 2.19. The molecule has 0 aliphatic carbocycles. The second-order valence-electron chi connectivity index (χ2n) is 6.14. The number of rotatable bonds is 1. The monoisotopic (exact) mass is 333 g/mol. The number of nitrogens with two attached hydrogens (primary N) is 1. The number of allylic oxidation sites excluding steroid dienone is 1. The van der Waals surface area contributed by atoms with Gasteiger partial charge in [-0.2, -0.15) is 5.26 Å². The smallest absolute Gasteiger partial charge is 0.252 e. The van der Waals surface area contributed by atoms with E-state index >= 15 is 0 Å². The second-order valence-corrected chi connectivity index (χ2v) is 6.14. The molecule has 1 aromatic carbocycles. The normalized spacial score (nSPS) is 16.4. The molecule has 0 amide bonds. The van der Waals surface area contributed by atoms with Gasteiger partial charge >= 0.3 is 0 Å². The van der Waals surface area contributed by atoms with Crippen molar-refractivity contribution >= 4 is 10.9 Å². The molecule has 2 aromatic heterocycles. The largest absolute Gasteiger partial charge is 0.420 e. The van der Waals surface area contributed by atoms with Gasteiger partial charge in [0, 0.05) is 22.3 Å². The Bertz CT molecular complexity index is 1150. The average molecular weight is 333 g/mol. The summed E-state index contributed by atoms with van der Waals surface area (Å²) >= 11 is 0. The first-order chi connectivity index (χ1) is 12.0. The summed E-state index contributed by atoms with van der Waals surface area (Å²) in [6.07, 6.45) is 0. The van der Waals surface area contributed by atoms with Crippen LogP contribution in [0.25, 0.3) is 10.9 Å². The maximum atomic E-state index is 12.8. The molecule has 3 heterocycles. The van der Waals surface area contributed by atoms with E-state index in [1.807, 2.05) is 32.0 Å². The number of aromatic amines is 2. The first kappa shape index (κ1) is 15.0. The number of benzene rings is 1. The van der Waals surface area contributed by atoms with E-state index in [9.17, 15) is 10.1 Å². The molecule has 0 fully saturated rings. The number of ether oxygens (including phenoxy) is 1. The van der Waals surface area contributed by atoms with Crippen molar-refractivity contribution in [2.45, 2.75) is 19.8 Å². The van der Waals surface area contributed by atoms with Crippen LogP contribution in [-0.2, 0) is 0 Å². The van der Waals surface area contributed by atoms with Crippen molar-refractivity contribution in [1.82, 2.24) is 15.2 Å². The summed E-state index contributed by atoms with van der Waals surface area (Å²) < 4.78 is 5.43. The fourth-order valence-corrected chi connectivity index (χ4v) is 3.26. The lowest BCUT2D eigenvalue weighted by molar-refractivity contribution is 0.378. The lowest BCUT2D eigenvalue weighted by Crippen LogP contribution is -2.25. The van der Waals surface area contributed by atoms with Gasteiger partial charge in [-0.25, -0.2) is 0 Å². The fourth-order valence-electron chi connectivity index (χ4n) is 3.26. The van der Waals surface area contributed by atoms with Crippen LogP contribution in [0.1, 0.15) is 28.3 Å². The Morgan fingerprint density at radius 2 is 2.12 bits per heavy atom. The molecular weight excluding hydrogens is 318 g/mol. The van der Waals surface area contributed by atoms with Crippen molar-refractivity contribution in [3.63, 3.8) is 0 Å². The molecule has 3 aromatic rings. The van der Waals surface area contributed by atoms with Gasteiger partial charge in [-0.15, -0.1) is 5.10 Å². The molecule has 4 rings (SSSR count). The maximum absolute atomic E-state index is 12.8. The van der Waals surface area contributed by atoms with Crippen molar-refractivity contribution in [2.75, 3.05) is 0 Å². The zero-order valence-corrected chi connectivity index (χ0v) is 13.7. The highest BCUT2D eigenvalue weighted by molar-refractivity contribution is 5.80. The van der Waals surface area contributed by atoms with Crippen LogP contribution in [0.15, 0.2) is 40.5 Å². The van der Waals surface area contributed by atoms with Gasteiger partial charge in [-0.3, -0.25) is 9.89 Å². The molecule has 0 bridgehead atoms. The Morgan fingerprint density at radius 3 is 2.88 bits per heavy atom. The average Bonchev–Trinajstić information content (AvgIpc) is 2.93. The van der Waals surface area contributed by atoms with Crippen LogP contribution < -0.4 is 16.0 Å². The first-order valence-corrected chi connectivity index (χ1v) is 7.75. The molecule has 1 aliphatic rings. The zero-order chi connectivity index (χ0) is 17.7. The lowest BCUT2D eigenvalue weighted by Gasteiger charge is -2.23. The summed E-state index contributed by atoms with van der Waals surface area (Å²) in [4.78, 5) is 15.7. The van der Waals surface area contributed by atoms with Gasteiger partial charge in [0.2, 0.25) is 11.8 Å². The van der Waals surface area contributed by atoms with Crippen LogP contribution in [0.5, 0.6) is 5.88 Å². The van der Waals surface area contributed by atoms with E-state index in [2.05, 4.69) is 21.3 Å². The number of nitrogens with one attached hydrogen (secondary N) is 2. The number of aryl methyl sites for hydroxylation is 2. The summed E-state index contributed by atoms with van der Waals surface area (Å²) in [6, 6.07) is 9.69. The number of aromatic nitrogens is 3. The summed E-state index contributed by atoms with van der Waals surface area (Å²) in [5.41, 5.74) is 9.45. The molecule has 4 N–H and O–H groups in total. The van der Waals surface area contributed by atoms with Gasteiger partial charge in [0.25, 0.3) is 5.56 Å². The van der Waals surface area contributed by atoms with Crippen LogP contribution in [0.3, 0.4) is 0 Å². The summed E-state index contributed by atoms with van der Waals surface area (Å²) in [5, 5.41) is 17.4. The minimum Gasteiger partial charge on any atom is -0.420 e. The molecular formula is C18H15N5O2. The summed E-state index contributed by atoms with van der Waals surface area (Å²) in [7, 11) is 0. The number of hydrogen-bond acceptors (Lipinski definition) is 5. The van der Waals surface area contributed by atoms with Gasteiger partial charge < -0.3 is 15.5 Å². The minimum atomic E-state index is -0.623. The molecule has 1 aliphatic heterocycles. The quantitative estimate of drug-likeness (QED) is 0.629. The predicted octanol–water partition coefficient (Wildman–Crippen LogP) is 2.09. The fraction of sp³-hybridized carbons (Fsp3) is 0.167. The number of fused-ring (bicyclic) bond motifs is 2. The van der Waals surface area contributed by atoms with E-state index in [0.29, 0.717) is 17.0 Å². The second kappa shape index (κ2) is 5.24. The van der Waals surface area contributed by atoms with Crippen LogP contribution >= 0.6 is 0 Å². The van der Waals surface area contributed by atoms with Crippen molar-refractivity contribution in [1.29, 1.82) is 5.26 Å². The highest BCUT2D eigenvalue weighted by Crippen LogP contribution is 2.41.